The third-order valence-electron chi connectivity index (χ3n) is 4.28. The largest absolute Gasteiger partial charge is 0.487 e. The molecule has 3 rings (SSSR count). The number of ether oxygens (including phenoxy) is 2. The molecule has 1 atom stereocenters. The number of amides is 1. The molecule has 1 aliphatic heterocycles. The second-order valence-corrected chi connectivity index (χ2v) is 6.10. The van der Waals surface area contributed by atoms with Gasteiger partial charge in [0.2, 0.25) is 0 Å². The Morgan fingerprint density at radius 2 is 2.08 bits per heavy atom. The number of carbonyl (C=O) groups is 1. The first-order valence-corrected chi connectivity index (χ1v) is 8.80. The zero-order valence-corrected chi connectivity index (χ0v) is 14.6. The quantitative estimate of drug-likeness (QED) is 0.810. The maximum atomic E-state index is 12.7. The molecule has 0 spiro atoms. The molecule has 25 heavy (non-hydrogen) atoms. The lowest BCUT2D eigenvalue weighted by Gasteiger charge is -2.32. The van der Waals surface area contributed by atoms with E-state index in [2.05, 4.69) is 4.98 Å². The van der Waals surface area contributed by atoms with Gasteiger partial charge >= 0.3 is 0 Å². The molecule has 1 fully saturated rings. The molecule has 2 heterocycles. The average molecular weight is 340 g/mol. The average Bonchev–Trinajstić information content (AvgIpc) is 2.67. The van der Waals surface area contributed by atoms with Crippen LogP contribution >= 0.6 is 0 Å². The normalized spacial score (nSPS) is 17.3. The lowest BCUT2D eigenvalue weighted by atomic mass is 10.1. The van der Waals surface area contributed by atoms with Gasteiger partial charge in [-0.25, -0.2) is 0 Å². The number of aromatic nitrogens is 1. The van der Waals surface area contributed by atoms with E-state index in [4.69, 9.17) is 9.47 Å². The molecular weight excluding hydrogens is 316 g/mol. The first kappa shape index (κ1) is 17.4. The van der Waals surface area contributed by atoms with Crippen LogP contribution in [0.2, 0.25) is 0 Å². The van der Waals surface area contributed by atoms with E-state index in [1.54, 1.807) is 6.20 Å². The summed E-state index contributed by atoms with van der Waals surface area (Å²) in [7, 11) is 0. The molecule has 1 amide bonds. The Labute approximate surface area is 148 Å². The highest BCUT2D eigenvalue weighted by Gasteiger charge is 2.24. The van der Waals surface area contributed by atoms with E-state index in [9.17, 15) is 4.79 Å². The minimum Gasteiger partial charge on any atom is -0.487 e. The van der Waals surface area contributed by atoms with Crippen molar-refractivity contribution in [3.05, 3.63) is 59.9 Å². The number of piperidine rings is 1. The van der Waals surface area contributed by atoms with Crippen LogP contribution in [-0.2, 0) is 11.3 Å². The van der Waals surface area contributed by atoms with Crippen LogP contribution in [0.1, 0.15) is 35.8 Å². The third-order valence-corrected chi connectivity index (χ3v) is 4.28. The first-order chi connectivity index (χ1) is 12.3. The van der Waals surface area contributed by atoms with E-state index in [1.165, 1.54) is 0 Å². The van der Waals surface area contributed by atoms with Gasteiger partial charge in [-0.05, 0) is 56.2 Å². The highest BCUT2D eigenvalue weighted by atomic mass is 16.5. The second kappa shape index (κ2) is 8.62. The Kier molecular flexibility index (Phi) is 6.01. The number of benzene rings is 1. The monoisotopic (exact) mass is 340 g/mol. The van der Waals surface area contributed by atoms with Crippen molar-refractivity contribution >= 4 is 5.91 Å². The number of carbonyl (C=O) groups excluding carboxylic acids is 1. The van der Waals surface area contributed by atoms with E-state index in [0.29, 0.717) is 25.3 Å². The fourth-order valence-corrected chi connectivity index (χ4v) is 3.01. The van der Waals surface area contributed by atoms with Gasteiger partial charge in [0, 0.05) is 31.5 Å². The molecule has 5 heteroatoms. The highest BCUT2D eigenvalue weighted by Crippen LogP contribution is 2.19. The smallest absolute Gasteiger partial charge is 0.253 e. The van der Waals surface area contributed by atoms with Crippen molar-refractivity contribution in [1.29, 1.82) is 0 Å². The van der Waals surface area contributed by atoms with E-state index < -0.39 is 0 Å². The van der Waals surface area contributed by atoms with E-state index in [-0.39, 0.29) is 12.0 Å². The second-order valence-electron chi connectivity index (χ2n) is 6.10. The van der Waals surface area contributed by atoms with Gasteiger partial charge in [0.15, 0.2) is 0 Å². The predicted octanol–water partition coefficient (Wildman–Crippen LogP) is 3.30. The molecule has 1 saturated heterocycles. The summed E-state index contributed by atoms with van der Waals surface area (Å²) in [5.74, 6) is 0.786. The summed E-state index contributed by atoms with van der Waals surface area (Å²) in [5.41, 5.74) is 1.56. The van der Waals surface area contributed by atoms with Gasteiger partial charge in [0.25, 0.3) is 5.91 Å². The molecule has 2 aromatic rings. The van der Waals surface area contributed by atoms with Gasteiger partial charge in [-0.1, -0.05) is 6.07 Å². The minimum absolute atomic E-state index is 0.0562. The van der Waals surface area contributed by atoms with Crippen LogP contribution in [-0.4, -0.2) is 41.6 Å². The molecular formula is C20H24N2O3. The topological polar surface area (TPSA) is 51.7 Å². The summed E-state index contributed by atoms with van der Waals surface area (Å²) >= 11 is 0. The number of nitrogens with zero attached hydrogens (tertiary/aromatic N) is 2. The Bertz CT molecular complexity index is 671. The number of pyridine rings is 1. The summed E-state index contributed by atoms with van der Waals surface area (Å²) < 4.78 is 11.4. The first-order valence-electron chi connectivity index (χ1n) is 8.80. The Morgan fingerprint density at radius 1 is 1.24 bits per heavy atom. The summed E-state index contributed by atoms with van der Waals surface area (Å²) in [6, 6.07) is 13.0. The molecule has 0 unspecified atom stereocenters. The van der Waals surface area contributed by atoms with E-state index in [1.807, 2.05) is 54.3 Å². The number of hydrogen-bond donors (Lipinski definition) is 0. The minimum atomic E-state index is 0.0562. The van der Waals surface area contributed by atoms with Crippen molar-refractivity contribution in [2.24, 2.45) is 0 Å². The molecule has 5 nitrogen and oxygen atoms in total. The van der Waals surface area contributed by atoms with Crippen LogP contribution in [0.5, 0.6) is 5.75 Å². The Hall–Kier alpha value is -2.40. The SMILES string of the molecule is CCO[C@@H]1CCCN(C(=O)c2ccc(OCc3ccccn3)cc2)C1. The van der Waals surface area contributed by atoms with Crippen molar-refractivity contribution in [1.82, 2.24) is 9.88 Å². The fourth-order valence-electron chi connectivity index (χ4n) is 3.01. The van der Waals surface area contributed by atoms with Crippen molar-refractivity contribution in [2.45, 2.75) is 32.5 Å². The van der Waals surface area contributed by atoms with Gasteiger partial charge in [0.05, 0.1) is 11.8 Å². The van der Waals surface area contributed by atoms with Crippen LogP contribution in [0.25, 0.3) is 0 Å². The summed E-state index contributed by atoms with van der Waals surface area (Å²) in [6.45, 7) is 4.56. The van der Waals surface area contributed by atoms with Crippen LogP contribution in [0.15, 0.2) is 48.7 Å². The standard InChI is InChI=1S/C20H24N2O3/c1-2-24-19-7-5-13-22(14-19)20(23)16-8-10-18(11-9-16)25-15-17-6-3-4-12-21-17/h3-4,6,8-12,19H,2,5,7,13-15H2,1H3/t19-/m1/s1. The number of hydrogen-bond acceptors (Lipinski definition) is 4. The third kappa shape index (κ3) is 4.79. The van der Waals surface area contributed by atoms with Crippen molar-refractivity contribution in [3.63, 3.8) is 0 Å². The number of likely N-dealkylation sites (tertiary alicyclic amines) is 1. The predicted molar refractivity (Wildman–Crippen MR) is 95.6 cm³/mol. The molecule has 0 N–H and O–H groups in total. The zero-order chi connectivity index (χ0) is 17.5. The van der Waals surface area contributed by atoms with E-state index >= 15 is 0 Å². The molecule has 0 aliphatic carbocycles. The summed E-state index contributed by atoms with van der Waals surface area (Å²) in [6.07, 6.45) is 3.91. The summed E-state index contributed by atoms with van der Waals surface area (Å²) in [5, 5.41) is 0. The van der Waals surface area contributed by atoms with Gasteiger partial charge in [0.1, 0.15) is 12.4 Å². The maximum absolute atomic E-state index is 12.7. The van der Waals surface area contributed by atoms with Crippen molar-refractivity contribution in [3.8, 4) is 5.75 Å². The molecule has 1 aromatic heterocycles. The molecule has 1 aromatic carbocycles. The molecule has 0 saturated carbocycles. The molecule has 1 aliphatic rings. The van der Waals surface area contributed by atoms with Crippen molar-refractivity contribution in [2.75, 3.05) is 19.7 Å². The van der Waals surface area contributed by atoms with Gasteiger partial charge in [-0.3, -0.25) is 9.78 Å². The lowest BCUT2D eigenvalue weighted by Crippen LogP contribution is -2.43. The van der Waals surface area contributed by atoms with Gasteiger partial charge < -0.3 is 14.4 Å². The lowest BCUT2D eigenvalue weighted by molar-refractivity contribution is 0.00724. The molecule has 0 bridgehead atoms. The zero-order valence-electron chi connectivity index (χ0n) is 14.6. The van der Waals surface area contributed by atoms with Crippen LogP contribution in [0.3, 0.4) is 0 Å². The maximum Gasteiger partial charge on any atom is 0.253 e. The van der Waals surface area contributed by atoms with Crippen LogP contribution in [0, 0.1) is 0 Å². The fraction of sp³-hybridized carbons (Fsp3) is 0.400. The highest BCUT2D eigenvalue weighted by molar-refractivity contribution is 5.94. The van der Waals surface area contributed by atoms with Gasteiger partial charge in [-0.2, -0.15) is 0 Å². The van der Waals surface area contributed by atoms with Crippen molar-refractivity contribution < 1.29 is 14.3 Å². The van der Waals surface area contributed by atoms with Crippen LogP contribution in [0.4, 0.5) is 0 Å². The Balaban J connectivity index is 1.57. The number of rotatable bonds is 6. The Morgan fingerprint density at radius 3 is 2.80 bits per heavy atom. The molecule has 132 valence electrons. The van der Waals surface area contributed by atoms with E-state index in [0.717, 1.165) is 30.8 Å². The van der Waals surface area contributed by atoms with Crippen LogP contribution < -0.4 is 4.74 Å². The van der Waals surface area contributed by atoms with Gasteiger partial charge in [-0.15, -0.1) is 0 Å². The molecule has 0 radical (unpaired) electrons. The summed E-state index contributed by atoms with van der Waals surface area (Å²) in [4.78, 5) is 18.8.